The smallest absolute Gasteiger partial charge is 0.262 e. The maximum Gasteiger partial charge on any atom is 0.262 e. The Hall–Kier alpha value is -1.54. The van der Waals surface area contributed by atoms with Crippen LogP contribution in [0.15, 0.2) is 45.8 Å². The number of halogens is 4. The predicted octanol–water partition coefficient (Wildman–Crippen LogP) is 3.67. The Morgan fingerprint density at radius 3 is 2.20 bits per heavy atom. The van der Waals surface area contributed by atoms with E-state index >= 15 is 0 Å². The van der Waals surface area contributed by atoms with Crippen molar-refractivity contribution in [2.45, 2.75) is 4.90 Å². The summed E-state index contributed by atoms with van der Waals surface area (Å²) in [4.78, 5) is -0.459. The first-order valence-corrected chi connectivity index (χ1v) is 7.50. The summed E-state index contributed by atoms with van der Waals surface area (Å²) >= 11 is 2.93. The molecule has 0 aromatic heterocycles. The van der Waals surface area contributed by atoms with Crippen LogP contribution in [0.5, 0.6) is 0 Å². The summed E-state index contributed by atoms with van der Waals surface area (Å²) in [5.41, 5.74) is -0.0320. The number of hydrogen-bond acceptors (Lipinski definition) is 2. The van der Waals surface area contributed by atoms with Crippen LogP contribution < -0.4 is 4.72 Å². The first-order valence-electron chi connectivity index (χ1n) is 5.22. The Labute approximate surface area is 121 Å². The van der Waals surface area contributed by atoms with Crippen molar-refractivity contribution >= 4 is 31.6 Å². The van der Waals surface area contributed by atoms with Crippen molar-refractivity contribution in [2.75, 3.05) is 4.72 Å². The monoisotopic (exact) mass is 365 g/mol. The number of nitrogens with one attached hydrogen (secondary N) is 1. The summed E-state index contributed by atoms with van der Waals surface area (Å²) in [5.74, 6) is -3.09. The molecule has 0 aliphatic rings. The van der Waals surface area contributed by atoms with Crippen molar-refractivity contribution in [3.63, 3.8) is 0 Å². The average Bonchev–Trinajstić information content (AvgIpc) is 2.37. The van der Waals surface area contributed by atoms with Crippen LogP contribution in [-0.4, -0.2) is 8.42 Å². The van der Waals surface area contributed by atoms with Gasteiger partial charge in [0, 0.05) is 0 Å². The van der Waals surface area contributed by atoms with Gasteiger partial charge in [0.05, 0.1) is 15.1 Å². The lowest BCUT2D eigenvalue weighted by Crippen LogP contribution is -2.13. The molecule has 2 aromatic carbocycles. The Kier molecular flexibility index (Phi) is 4.05. The summed E-state index contributed by atoms with van der Waals surface area (Å²) in [7, 11) is -4.12. The van der Waals surface area contributed by atoms with Crippen LogP contribution in [0, 0.1) is 17.5 Å². The molecule has 0 fully saturated rings. The predicted molar refractivity (Wildman–Crippen MR) is 71.3 cm³/mol. The fourth-order valence-corrected chi connectivity index (χ4v) is 2.73. The van der Waals surface area contributed by atoms with Gasteiger partial charge in [-0.05, 0) is 52.3 Å². The fourth-order valence-electron chi connectivity index (χ4n) is 1.42. The lowest BCUT2D eigenvalue weighted by Gasteiger charge is -2.08. The largest absolute Gasteiger partial charge is 0.280 e. The van der Waals surface area contributed by atoms with Gasteiger partial charge in [-0.1, -0.05) is 0 Å². The highest BCUT2D eigenvalue weighted by Crippen LogP contribution is 2.22. The third kappa shape index (κ3) is 3.13. The highest BCUT2D eigenvalue weighted by atomic mass is 79.9. The van der Waals surface area contributed by atoms with E-state index in [0.717, 1.165) is 12.1 Å². The minimum Gasteiger partial charge on any atom is -0.280 e. The van der Waals surface area contributed by atoms with E-state index in [9.17, 15) is 21.6 Å². The number of rotatable bonds is 3. The van der Waals surface area contributed by atoms with Gasteiger partial charge in [0.1, 0.15) is 5.82 Å². The van der Waals surface area contributed by atoms with Gasteiger partial charge < -0.3 is 0 Å². The Bertz CT molecular complexity index is 765. The summed E-state index contributed by atoms with van der Waals surface area (Å²) in [5, 5.41) is 0. The third-order valence-electron chi connectivity index (χ3n) is 2.37. The second kappa shape index (κ2) is 5.45. The zero-order valence-corrected chi connectivity index (χ0v) is 12.1. The molecular weight excluding hydrogens is 359 g/mol. The topological polar surface area (TPSA) is 46.2 Å². The van der Waals surface area contributed by atoms with E-state index in [1.807, 2.05) is 0 Å². The van der Waals surface area contributed by atoms with Crippen LogP contribution in [0.1, 0.15) is 0 Å². The molecule has 0 aliphatic carbocycles. The van der Waals surface area contributed by atoms with Crippen LogP contribution >= 0.6 is 15.9 Å². The van der Waals surface area contributed by atoms with Crippen LogP contribution in [0.3, 0.4) is 0 Å². The molecule has 20 heavy (non-hydrogen) atoms. The lowest BCUT2D eigenvalue weighted by atomic mass is 10.3. The van der Waals surface area contributed by atoms with E-state index in [0.29, 0.717) is 12.1 Å². The van der Waals surface area contributed by atoms with Crippen molar-refractivity contribution in [3.05, 3.63) is 58.3 Å². The quantitative estimate of drug-likeness (QED) is 0.901. The maximum absolute atomic E-state index is 13.3. The second-order valence-corrected chi connectivity index (χ2v) is 6.35. The van der Waals surface area contributed by atoms with Crippen molar-refractivity contribution in [1.82, 2.24) is 0 Å². The minimum absolute atomic E-state index is 0.0320. The van der Waals surface area contributed by atoms with Crippen LogP contribution in [-0.2, 0) is 10.0 Å². The summed E-state index contributed by atoms with van der Waals surface area (Å²) in [6.07, 6.45) is 0. The minimum atomic E-state index is -4.12. The molecule has 0 saturated heterocycles. The number of hydrogen-bond donors (Lipinski definition) is 1. The average molecular weight is 366 g/mol. The Morgan fingerprint density at radius 2 is 1.60 bits per heavy atom. The van der Waals surface area contributed by atoms with E-state index in [1.165, 1.54) is 12.1 Å². The van der Waals surface area contributed by atoms with E-state index in [2.05, 4.69) is 20.7 Å². The molecule has 2 aromatic rings. The van der Waals surface area contributed by atoms with E-state index in [-0.39, 0.29) is 10.2 Å². The van der Waals surface area contributed by atoms with E-state index in [1.54, 1.807) is 0 Å². The van der Waals surface area contributed by atoms with Crippen molar-refractivity contribution < 1.29 is 21.6 Å². The van der Waals surface area contributed by atoms with Gasteiger partial charge in [0.15, 0.2) is 11.6 Å². The molecule has 0 aliphatic heterocycles. The van der Waals surface area contributed by atoms with Gasteiger partial charge in [0.25, 0.3) is 10.0 Å². The third-order valence-corrected chi connectivity index (χ3v) is 4.40. The molecule has 2 rings (SSSR count). The van der Waals surface area contributed by atoms with Gasteiger partial charge in [-0.2, -0.15) is 0 Å². The lowest BCUT2D eigenvalue weighted by molar-refractivity contribution is 0.504. The molecule has 0 spiro atoms. The van der Waals surface area contributed by atoms with Gasteiger partial charge in [0.2, 0.25) is 0 Å². The second-order valence-electron chi connectivity index (χ2n) is 3.81. The Morgan fingerprint density at radius 1 is 0.900 bits per heavy atom. The van der Waals surface area contributed by atoms with Crippen LogP contribution in [0.2, 0.25) is 0 Å². The van der Waals surface area contributed by atoms with Crippen LogP contribution in [0.25, 0.3) is 0 Å². The molecule has 0 radical (unpaired) electrons. The molecule has 0 unspecified atom stereocenters. The first-order chi connectivity index (χ1) is 9.29. The molecule has 3 nitrogen and oxygen atoms in total. The van der Waals surface area contributed by atoms with Crippen LogP contribution in [0.4, 0.5) is 18.9 Å². The number of sulfonamides is 1. The Balaban J connectivity index is 2.35. The SMILES string of the molecule is O=S(=O)(Nc1ccc(Br)c(F)c1)c1ccc(F)c(F)c1. The van der Waals surface area contributed by atoms with E-state index in [4.69, 9.17) is 0 Å². The maximum atomic E-state index is 13.3. The number of benzene rings is 2. The van der Waals surface area contributed by atoms with Crippen molar-refractivity contribution in [2.24, 2.45) is 0 Å². The molecule has 106 valence electrons. The standard InChI is InChI=1S/C12H7BrF3NO2S/c13-9-3-1-7(5-11(9)15)17-20(18,19)8-2-4-10(14)12(16)6-8/h1-6,17H. The highest BCUT2D eigenvalue weighted by Gasteiger charge is 2.17. The first kappa shape index (κ1) is 14.9. The van der Waals surface area contributed by atoms with Gasteiger partial charge in [-0.25, -0.2) is 21.6 Å². The summed E-state index contributed by atoms with van der Waals surface area (Å²) < 4.78 is 65.2. The van der Waals surface area contributed by atoms with Crippen molar-refractivity contribution in [3.8, 4) is 0 Å². The zero-order valence-electron chi connectivity index (χ0n) is 9.70. The zero-order chi connectivity index (χ0) is 14.9. The fraction of sp³-hybridized carbons (Fsp3) is 0. The molecule has 0 bridgehead atoms. The molecule has 0 saturated carbocycles. The number of anilines is 1. The van der Waals surface area contributed by atoms with Gasteiger partial charge >= 0.3 is 0 Å². The van der Waals surface area contributed by atoms with E-state index < -0.39 is 32.4 Å². The highest BCUT2D eigenvalue weighted by molar-refractivity contribution is 9.10. The summed E-state index contributed by atoms with van der Waals surface area (Å²) in [6, 6.07) is 5.76. The normalized spacial score (nSPS) is 11.4. The molecule has 0 amide bonds. The summed E-state index contributed by atoms with van der Waals surface area (Å²) in [6.45, 7) is 0. The molecule has 0 heterocycles. The molecule has 1 N–H and O–H groups in total. The van der Waals surface area contributed by atoms with Gasteiger partial charge in [-0.15, -0.1) is 0 Å². The molecular formula is C12H7BrF3NO2S. The van der Waals surface area contributed by atoms with Gasteiger partial charge in [-0.3, -0.25) is 4.72 Å². The molecule has 0 atom stereocenters. The van der Waals surface area contributed by atoms with Crippen molar-refractivity contribution in [1.29, 1.82) is 0 Å². The molecule has 8 heteroatoms.